The van der Waals surface area contributed by atoms with Crippen LogP contribution in [0.2, 0.25) is 0 Å². The van der Waals surface area contributed by atoms with Gasteiger partial charge in [0, 0.05) is 18.5 Å². The molecule has 7 heteroatoms. The summed E-state index contributed by atoms with van der Waals surface area (Å²) in [5.41, 5.74) is -0.790. The van der Waals surface area contributed by atoms with Gasteiger partial charge in [-0.1, -0.05) is 24.6 Å². The van der Waals surface area contributed by atoms with E-state index >= 15 is 0 Å². The monoisotopic (exact) mass is 295 g/mol. The lowest BCUT2D eigenvalue weighted by atomic mass is 9.98. The summed E-state index contributed by atoms with van der Waals surface area (Å²) in [4.78, 5) is 28.7. The van der Waals surface area contributed by atoms with Crippen molar-refractivity contribution in [2.24, 2.45) is 0 Å². The zero-order chi connectivity index (χ0) is 14.2. The van der Waals surface area contributed by atoms with Crippen molar-refractivity contribution in [2.75, 3.05) is 12.4 Å². The van der Waals surface area contributed by atoms with Crippen LogP contribution in [0.3, 0.4) is 0 Å². The Hall–Kier alpha value is -1.34. The van der Waals surface area contributed by atoms with Crippen LogP contribution < -0.4 is 10.9 Å². The van der Waals surface area contributed by atoms with Gasteiger partial charge in [-0.3, -0.25) is 14.2 Å². The van der Waals surface area contributed by atoms with Crippen LogP contribution in [0.25, 0.3) is 0 Å². The predicted molar refractivity (Wildman–Crippen MR) is 75.0 cm³/mol. The number of carbonyl (C=O) groups excluding carboxylic acids is 1. The molecule has 0 atom stereocenters. The van der Waals surface area contributed by atoms with Crippen molar-refractivity contribution >= 4 is 17.7 Å². The smallest absolute Gasteiger partial charge is 0.267 e. The molecule has 2 N–H and O–H groups in total. The van der Waals surface area contributed by atoms with Crippen molar-refractivity contribution < 1.29 is 9.90 Å². The van der Waals surface area contributed by atoms with E-state index in [-0.39, 0.29) is 17.7 Å². The van der Waals surface area contributed by atoms with E-state index in [0.29, 0.717) is 11.7 Å². The first-order chi connectivity index (χ1) is 9.65. The van der Waals surface area contributed by atoms with Gasteiger partial charge in [-0.2, -0.15) is 0 Å². The second-order valence-electron chi connectivity index (χ2n) is 5.36. The maximum Gasteiger partial charge on any atom is 0.267 e. The molecule has 1 amide bonds. The molecular formula is C13H17N3O3S. The normalized spacial score (nSPS) is 19.9. The average molecular weight is 295 g/mol. The van der Waals surface area contributed by atoms with E-state index in [1.807, 2.05) is 0 Å². The number of rotatable bonds is 3. The number of carbonyl (C=O) groups is 1. The zero-order valence-electron chi connectivity index (χ0n) is 11.1. The molecule has 2 aliphatic rings. The van der Waals surface area contributed by atoms with Gasteiger partial charge in [-0.15, -0.1) is 0 Å². The number of hydrogen-bond donors (Lipinski definition) is 2. The SMILES string of the molecule is O=C(NC1(CO)CCCC1)c1cnc2n(c1=O)CCS2. The molecule has 20 heavy (non-hydrogen) atoms. The lowest BCUT2D eigenvalue weighted by Crippen LogP contribution is -2.50. The van der Waals surface area contributed by atoms with E-state index in [1.165, 1.54) is 18.0 Å². The van der Waals surface area contributed by atoms with Crippen LogP contribution in [0.1, 0.15) is 36.0 Å². The number of nitrogens with zero attached hydrogens (tertiary/aromatic N) is 2. The van der Waals surface area contributed by atoms with Crippen molar-refractivity contribution in [3.63, 3.8) is 0 Å². The summed E-state index contributed by atoms with van der Waals surface area (Å²) >= 11 is 1.52. The minimum absolute atomic E-state index is 0.0657. The Morgan fingerprint density at radius 1 is 1.50 bits per heavy atom. The topological polar surface area (TPSA) is 84.2 Å². The Labute approximate surface area is 120 Å². The third-order valence-corrected chi connectivity index (χ3v) is 5.01. The summed E-state index contributed by atoms with van der Waals surface area (Å²) in [5, 5.41) is 13.0. The van der Waals surface area contributed by atoms with Gasteiger partial charge in [0.1, 0.15) is 5.56 Å². The second-order valence-corrected chi connectivity index (χ2v) is 6.42. The lowest BCUT2D eigenvalue weighted by Gasteiger charge is -2.27. The van der Waals surface area contributed by atoms with Gasteiger partial charge >= 0.3 is 0 Å². The van der Waals surface area contributed by atoms with Crippen LogP contribution in [0.15, 0.2) is 16.1 Å². The first-order valence-corrected chi connectivity index (χ1v) is 7.80. The summed E-state index contributed by atoms with van der Waals surface area (Å²) in [7, 11) is 0. The van der Waals surface area contributed by atoms with Crippen molar-refractivity contribution in [3.8, 4) is 0 Å². The van der Waals surface area contributed by atoms with E-state index in [9.17, 15) is 14.7 Å². The summed E-state index contributed by atoms with van der Waals surface area (Å²) in [6.07, 6.45) is 4.83. The Morgan fingerprint density at radius 2 is 2.25 bits per heavy atom. The van der Waals surface area contributed by atoms with E-state index in [0.717, 1.165) is 31.4 Å². The van der Waals surface area contributed by atoms with E-state index < -0.39 is 11.4 Å². The zero-order valence-corrected chi connectivity index (χ0v) is 11.9. The molecule has 0 spiro atoms. The Bertz CT molecular complexity index is 593. The molecule has 6 nitrogen and oxygen atoms in total. The summed E-state index contributed by atoms with van der Waals surface area (Å²) in [5.74, 6) is 0.388. The molecule has 1 aliphatic carbocycles. The van der Waals surface area contributed by atoms with Crippen LogP contribution in [0, 0.1) is 0 Å². The van der Waals surface area contributed by atoms with Crippen molar-refractivity contribution in [2.45, 2.75) is 42.9 Å². The first kappa shape index (κ1) is 13.6. The van der Waals surface area contributed by atoms with E-state index in [1.54, 1.807) is 4.57 Å². The molecule has 0 aromatic carbocycles. The van der Waals surface area contributed by atoms with Crippen LogP contribution in [-0.4, -0.2) is 38.5 Å². The molecule has 0 saturated heterocycles. The van der Waals surface area contributed by atoms with Crippen LogP contribution >= 0.6 is 11.8 Å². The number of fused-ring (bicyclic) bond motifs is 1. The highest BCUT2D eigenvalue weighted by molar-refractivity contribution is 7.99. The molecule has 3 rings (SSSR count). The van der Waals surface area contributed by atoms with Gasteiger partial charge in [0.05, 0.1) is 12.1 Å². The third kappa shape index (κ3) is 2.25. The Kier molecular flexibility index (Phi) is 3.55. The number of thioether (sulfide) groups is 1. The van der Waals surface area contributed by atoms with Crippen molar-refractivity contribution in [1.82, 2.24) is 14.9 Å². The number of aromatic nitrogens is 2. The van der Waals surface area contributed by atoms with Gasteiger partial charge in [0.25, 0.3) is 11.5 Å². The summed E-state index contributed by atoms with van der Waals surface area (Å²) in [6.45, 7) is 0.506. The lowest BCUT2D eigenvalue weighted by molar-refractivity contribution is 0.0835. The van der Waals surface area contributed by atoms with Crippen LogP contribution in [-0.2, 0) is 6.54 Å². The van der Waals surface area contributed by atoms with Crippen LogP contribution in [0.4, 0.5) is 0 Å². The van der Waals surface area contributed by atoms with Crippen molar-refractivity contribution in [1.29, 1.82) is 0 Å². The number of aliphatic hydroxyl groups is 1. The molecule has 1 aromatic heterocycles. The quantitative estimate of drug-likeness (QED) is 0.788. The second kappa shape index (κ2) is 5.21. The van der Waals surface area contributed by atoms with E-state index in [2.05, 4.69) is 10.3 Å². The maximum absolute atomic E-state index is 12.3. The number of amides is 1. The largest absolute Gasteiger partial charge is 0.394 e. The molecule has 108 valence electrons. The molecule has 1 aromatic rings. The maximum atomic E-state index is 12.3. The highest BCUT2D eigenvalue weighted by Crippen LogP contribution is 2.29. The summed E-state index contributed by atoms with van der Waals surface area (Å²) in [6, 6.07) is 0. The van der Waals surface area contributed by atoms with Gasteiger partial charge in [0.15, 0.2) is 5.16 Å². The first-order valence-electron chi connectivity index (χ1n) is 6.81. The molecule has 1 fully saturated rings. The van der Waals surface area contributed by atoms with Gasteiger partial charge in [-0.25, -0.2) is 4.98 Å². The predicted octanol–water partition coefficient (Wildman–Crippen LogP) is 0.384. The fraction of sp³-hybridized carbons (Fsp3) is 0.615. The Morgan fingerprint density at radius 3 is 2.95 bits per heavy atom. The number of hydrogen-bond acceptors (Lipinski definition) is 5. The van der Waals surface area contributed by atoms with Crippen LogP contribution in [0.5, 0.6) is 0 Å². The molecule has 1 saturated carbocycles. The van der Waals surface area contributed by atoms with Crippen molar-refractivity contribution in [3.05, 3.63) is 22.1 Å². The molecular weight excluding hydrogens is 278 g/mol. The molecule has 2 heterocycles. The molecule has 0 bridgehead atoms. The average Bonchev–Trinajstić information content (AvgIpc) is 3.08. The molecule has 0 radical (unpaired) electrons. The fourth-order valence-corrected chi connectivity index (χ4v) is 3.77. The molecule has 1 aliphatic heterocycles. The van der Waals surface area contributed by atoms with Gasteiger partial charge in [-0.05, 0) is 12.8 Å². The highest BCUT2D eigenvalue weighted by atomic mass is 32.2. The number of aliphatic hydroxyl groups excluding tert-OH is 1. The minimum atomic E-state index is -0.568. The third-order valence-electron chi connectivity index (χ3n) is 4.04. The van der Waals surface area contributed by atoms with Gasteiger partial charge < -0.3 is 10.4 Å². The molecule has 0 unspecified atom stereocenters. The standard InChI is InChI=1S/C13H17N3O3S/c17-8-13(3-1-2-4-13)15-10(18)9-7-14-12-16(11(9)19)5-6-20-12/h7,17H,1-6,8H2,(H,15,18). The highest BCUT2D eigenvalue weighted by Gasteiger charge is 2.35. The minimum Gasteiger partial charge on any atom is -0.394 e. The van der Waals surface area contributed by atoms with E-state index in [4.69, 9.17) is 0 Å². The Balaban J connectivity index is 1.86. The fourth-order valence-electron chi connectivity index (χ4n) is 2.86. The number of nitrogens with one attached hydrogen (secondary N) is 1. The van der Waals surface area contributed by atoms with Gasteiger partial charge in [0.2, 0.25) is 0 Å². The summed E-state index contributed by atoms with van der Waals surface area (Å²) < 4.78 is 1.54.